The predicted molar refractivity (Wildman–Crippen MR) is 66.5 cm³/mol. The molecule has 2 N–H and O–H groups in total. The third-order valence-corrected chi connectivity index (χ3v) is 2.44. The van der Waals surface area contributed by atoms with Crippen molar-refractivity contribution in [3.05, 3.63) is 27.3 Å². The molecule has 0 saturated carbocycles. The van der Waals surface area contributed by atoms with Crippen LogP contribution in [0.3, 0.4) is 0 Å². The number of carbonyl (C=O) groups is 1. The van der Waals surface area contributed by atoms with Gasteiger partial charge in [-0.15, -0.1) is 0 Å². The predicted octanol–water partition coefficient (Wildman–Crippen LogP) is 2.24. The van der Waals surface area contributed by atoms with Crippen LogP contribution in [-0.2, 0) is 0 Å². The quantitative estimate of drug-likeness (QED) is 0.649. The molecular weight excluding hydrogens is 305 g/mol. The second-order valence-corrected chi connectivity index (χ2v) is 4.17. The first-order valence-corrected chi connectivity index (χ1v) is 5.39. The van der Waals surface area contributed by atoms with Gasteiger partial charge in [0.1, 0.15) is 6.54 Å². The zero-order valence-electron chi connectivity index (χ0n) is 8.17. The number of nitrogens with zero attached hydrogens (tertiary/aromatic N) is 1. The monoisotopic (exact) mass is 315 g/mol. The molecule has 2 amide bonds. The van der Waals surface area contributed by atoms with Gasteiger partial charge in [-0.25, -0.2) is 4.79 Å². The number of nitriles is 1. The summed E-state index contributed by atoms with van der Waals surface area (Å²) < 4.78 is 1.12. The lowest BCUT2D eigenvalue weighted by Crippen LogP contribution is -2.29. The van der Waals surface area contributed by atoms with E-state index in [4.69, 9.17) is 5.26 Å². The summed E-state index contributed by atoms with van der Waals surface area (Å²) in [5.74, 6) is 0. The summed E-state index contributed by atoms with van der Waals surface area (Å²) in [4.78, 5) is 11.2. The second-order valence-electron chi connectivity index (χ2n) is 2.93. The third-order valence-electron chi connectivity index (χ3n) is 1.76. The lowest BCUT2D eigenvalue weighted by atomic mass is 10.2. The largest absolute Gasteiger partial charge is 0.325 e. The highest BCUT2D eigenvalue weighted by atomic mass is 127. The van der Waals surface area contributed by atoms with Crippen molar-refractivity contribution >= 4 is 34.3 Å². The van der Waals surface area contributed by atoms with E-state index in [-0.39, 0.29) is 12.6 Å². The van der Waals surface area contributed by atoms with E-state index in [1.807, 2.05) is 31.2 Å². The fourth-order valence-corrected chi connectivity index (χ4v) is 1.70. The van der Waals surface area contributed by atoms with Crippen molar-refractivity contribution in [1.82, 2.24) is 5.32 Å². The van der Waals surface area contributed by atoms with Crippen molar-refractivity contribution in [3.63, 3.8) is 0 Å². The number of carbonyl (C=O) groups excluding carboxylic acids is 1. The molecule has 0 spiro atoms. The number of hydrogen-bond acceptors (Lipinski definition) is 2. The van der Waals surface area contributed by atoms with Crippen LogP contribution in [0.25, 0.3) is 0 Å². The highest BCUT2D eigenvalue weighted by Crippen LogP contribution is 2.17. The van der Waals surface area contributed by atoms with E-state index >= 15 is 0 Å². The highest BCUT2D eigenvalue weighted by molar-refractivity contribution is 14.1. The fraction of sp³-hybridized carbons (Fsp3) is 0.200. The molecule has 0 heterocycles. The van der Waals surface area contributed by atoms with E-state index in [1.54, 1.807) is 0 Å². The standard InChI is InChI=1S/C10H10IN3O/c1-7-6-8(11)2-3-9(7)14-10(15)13-5-4-12/h2-3,6H,5H2,1H3,(H2,13,14,15). The van der Waals surface area contributed by atoms with Crippen LogP contribution in [-0.4, -0.2) is 12.6 Å². The number of aryl methyl sites for hydroxylation is 1. The van der Waals surface area contributed by atoms with Crippen molar-refractivity contribution in [2.75, 3.05) is 11.9 Å². The van der Waals surface area contributed by atoms with E-state index in [1.165, 1.54) is 0 Å². The van der Waals surface area contributed by atoms with Gasteiger partial charge < -0.3 is 10.6 Å². The van der Waals surface area contributed by atoms with Gasteiger partial charge in [-0.2, -0.15) is 5.26 Å². The maximum Gasteiger partial charge on any atom is 0.320 e. The van der Waals surface area contributed by atoms with Gasteiger partial charge in [0.25, 0.3) is 0 Å². The van der Waals surface area contributed by atoms with Gasteiger partial charge in [-0.3, -0.25) is 0 Å². The van der Waals surface area contributed by atoms with Crippen LogP contribution in [0.1, 0.15) is 5.56 Å². The summed E-state index contributed by atoms with van der Waals surface area (Å²) in [5.41, 5.74) is 1.75. The van der Waals surface area contributed by atoms with Crippen LogP contribution >= 0.6 is 22.6 Å². The van der Waals surface area contributed by atoms with Crippen molar-refractivity contribution in [1.29, 1.82) is 5.26 Å². The first-order valence-electron chi connectivity index (χ1n) is 4.31. The minimum Gasteiger partial charge on any atom is -0.325 e. The Bertz CT molecular complexity index is 412. The normalized spacial score (nSPS) is 9.13. The summed E-state index contributed by atoms with van der Waals surface area (Å²) in [7, 11) is 0. The second kappa shape index (κ2) is 5.56. The minimum absolute atomic E-state index is 0.00918. The molecule has 1 rings (SSSR count). The molecule has 0 radical (unpaired) electrons. The third kappa shape index (κ3) is 3.75. The highest BCUT2D eigenvalue weighted by Gasteiger charge is 2.03. The lowest BCUT2D eigenvalue weighted by molar-refractivity contribution is 0.253. The number of urea groups is 1. The zero-order valence-corrected chi connectivity index (χ0v) is 10.3. The molecule has 0 aromatic heterocycles. The van der Waals surface area contributed by atoms with Gasteiger partial charge in [0.15, 0.2) is 0 Å². The van der Waals surface area contributed by atoms with Gasteiger partial charge in [-0.1, -0.05) is 0 Å². The van der Waals surface area contributed by atoms with Crippen molar-refractivity contribution < 1.29 is 4.79 Å². The number of hydrogen-bond donors (Lipinski definition) is 2. The van der Waals surface area contributed by atoms with Gasteiger partial charge in [0.2, 0.25) is 0 Å². The number of nitrogens with one attached hydrogen (secondary N) is 2. The van der Waals surface area contributed by atoms with Gasteiger partial charge in [0.05, 0.1) is 6.07 Å². The number of halogens is 1. The molecule has 4 nitrogen and oxygen atoms in total. The average molecular weight is 315 g/mol. The van der Waals surface area contributed by atoms with E-state index < -0.39 is 0 Å². The molecule has 0 aliphatic rings. The van der Waals surface area contributed by atoms with Crippen LogP contribution in [0.4, 0.5) is 10.5 Å². The molecule has 0 atom stereocenters. The summed E-state index contributed by atoms with van der Waals surface area (Å²) in [6.45, 7) is 1.93. The Kier molecular flexibility index (Phi) is 4.37. The Labute approximate surface area is 102 Å². The van der Waals surface area contributed by atoms with E-state index in [2.05, 4.69) is 33.2 Å². The smallest absolute Gasteiger partial charge is 0.320 e. The van der Waals surface area contributed by atoms with Gasteiger partial charge >= 0.3 is 6.03 Å². The Hall–Kier alpha value is -1.29. The molecule has 0 aliphatic carbocycles. The first-order chi connectivity index (χ1) is 7.13. The van der Waals surface area contributed by atoms with Crippen molar-refractivity contribution in [2.45, 2.75) is 6.92 Å². The molecule has 78 valence electrons. The molecular formula is C10H10IN3O. The van der Waals surface area contributed by atoms with Crippen molar-refractivity contribution in [3.8, 4) is 6.07 Å². The molecule has 1 aromatic rings. The summed E-state index contributed by atoms with van der Waals surface area (Å²) in [5, 5.41) is 13.4. The van der Waals surface area contributed by atoms with Gasteiger partial charge in [0, 0.05) is 9.26 Å². The number of amides is 2. The molecule has 15 heavy (non-hydrogen) atoms. The molecule has 0 aliphatic heterocycles. The van der Waals surface area contributed by atoms with Crippen LogP contribution in [0.2, 0.25) is 0 Å². The minimum atomic E-state index is -0.360. The lowest BCUT2D eigenvalue weighted by Gasteiger charge is -2.08. The molecule has 1 aromatic carbocycles. The number of anilines is 1. The Morgan fingerprint density at radius 3 is 2.93 bits per heavy atom. The summed E-state index contributed by atoms with van der Waals surface area (Å²) >= 11 is 2.21. The first kappa shape index (κ1) is 11.8. The topological polar surface area (TPSA) is 64.9 Å². The molecule has 5 heteroatoms. The Morgan fingerprint density at radius 1 is 1.60 bits per heavy atom. The van der Waals surface area contributed by atoms with Gasteiger partial charge in [-0.05, 0) is 53.3 Å². The average Bonchev–Trinajstić information content (AvgIpc) is 2.19. The molecule has 0 bridgehead atoms. The Morgan fingerprint density at radius 2 is 2.33 bits per heavy atom. The SMILES string of the molecule is Cc1cc(I)ccc1NC(=O)NCC#N. The van der Waals surface area contributed by atoms with Crippen molar-refractivity contribution in [2.24, 2.45) is 0 Å². The molecule has 0 unspecified atom stereocenters. The number of rotatable bonds is 2. The molecule has 0 saturated heterocycles. The van der Waals surface area contributed by atoms with E-state index in [9.17, 15) is 4.79 Å². The van der Waals surface area contributed by atoms with E-state index in [0.29, 0.717) is 0 Å². The zero-order chi connectivity index (χ0) is 11.3. The van der Waals surface area contributed by atoms with E-state index in [0.717, 1.165) is 14.8 Å². The Balaban J connectivity index is 2.65. The van der Waals surface area contributed by atoms with Crippen LogP contribution in [0.15, 0.2) is 18.2 Å². The summed E-state index contributed by atoms with van der Waals surface area (Å²) in [6, 6.07) is 7.19. The van der Waals surface area contributed by atoms with Crippen LogP contribution in [0, 0.1) is 21.8 Å². The fourth-order valence-electron chi connectivity index (χ4n) is 1.05. The summed E-state index contributed by atoms with van der Waals surface area (Å²) in [6.07, 6.45) is 0. The maximum atomic E-state index is 11.2. The van der Waals surface area contributed by atoms with Crippen LogP contribution < -0.4 is 10.6 Å². The number of benzene rings is 1. The molecule has 0 fully saturated rings. The van der Waals surface area contributed by atoms with Crippen LogP contribution in [0.5, 0.6) is 0 Å². The maximum absolute atomic E-state index is 11.2.